The van der Waals surface area contributed by atoms with Crippen LogP contribution in [0.5, 0.6) is 0 Å². The van der Waals surface area contributed by atoms with Crippen molar-refractivity contribution in [1.82, 2.24) is 0 Å². The molecule has 1 aromatic carbocycles. The maximum atomic E-state index is 10.5. The smallest absolute Gasteiger partial charge is 0.0445 e. The highest BCUT2D eigenvalue weighted by molar-refractivity contribution is 7.65. The first-order valence-electron chi connectivity index (χ1n) is 4.43. The molecule has 0 heterocycles. The van der Waals surface area contributed by atoms with Crippen molar-refractivity contribution < 1.29 is 12.6 Å². The van der Waals surface area contributed by atoms with Crippen molar-refractivity contribution in [1.29, 1.82) is 0 Å². The van der Waals surface area contributed by atoms with Crippen molar-refractivity contribution in [2.75, 3.05) is 0 Å². The molecule has 0 fully saturated rings. The molecule has 0 aliphatic carbocycles. The molecule has 1 radical (unpaired) electrons. The quantitative estimate of drug-likeness (QED) is 0.741. The van der Waals surface area contributed by atoms with Crippen molar-refractivity contribution in [2.45, 2.75) is 17.3 Å². The van der Waals surface area contributed by atoms with E-state index in [1.165, 1.54) is 0 Å². The van der Waals surface area contributed by atoms with Crippen LogP contribution in [-0.2, 0) is 64.9 Å². The van der Waals surface area contributed by atoms with Gasteiger partial charge in [-0.25, -0.2) is 0 Å². The fourth-order valence-electron chi connectivity index (χ4n) is 1.41. The molecule has 0 aliphatic rings. The third-order valence-electron chi connectivity index (χ3n) is 2.15. The number of hydrogen-bond acceptors (Lipinski definition) is 3. The molecular formula is C10H10O3S3+3. The summed E-state index contributed by atoms with van der Waals surface area (Å²) < 4.78 is 31.6. The van der Waals surface area contributed by atoms with Crippen molar-refractivity contribution in [3.63, 3.8) is 0 Å². The normalized spacial score (nSPS) is 9.81. The lowest BCUT2D eigenvalue weighted by Crippen LogP contribution is -1.98. The molecule has 0 spiro atoms. The predicted molar refractivity (Wildman–Crippen MR) is 66.2 cm³/mol. The summed E-state index contributed by atoms with van der Waals surface area (Å²) in [5, 5.41) is 0. The third kappa shape index (κ3) is 3.40. The van der Waals surface area contributed by atoms with E-state index in [1.807, 2.05) is 12.1 Å². The Morgan fingerprint density at radius 1 is 0.875 bits per heavy atom. The SMILES string of the molecule is [CH2]c1c(C[S+]=O)cc(C[S+]=O)cc1C[S+]=O. The maximum Gasteiger partial charge on any atom is 0.463 e. The Bertz CT molecular complexity index is 387. The van der Waals surface area contributed by atoms with Gasteiger partial charge in [-0.05, 0) is 24.6 Å². The van der Waals surface area contributed by atoms with E-state index in [0.717, 1.165) is 22.3 Å². The van der Waals surface area contributed by atoms with Crippen LogP contribution in [0.15, 0.2) is 12.1 Å². The molecule has 0 aliphatic heterocycles. The zero-order valence-corrected chi connectivity index (χ0v) is 10.9. The minimum atomic E-state index is 0.312. The van der Waals surface area contributed by atoms with Crippen LogP contribution >= 0.6 is 0 Å². The largest absolute Gasteiger partial charge is 0.463 e. The molecule has 16 heavy (non-hydrogen) atoms. The molecule has 0 saturated heterocycles. The highest BCUT2D eigenvalue weighted by Gasteiger charge is 2.17. The van der Waals surface area contributed by atoms with E-state index in [1.54, 1.807) is 0 Å². The second kappa shape index (κ2) is 6.78. The fraction of sp³-hybridized carbons (Fsp3) is 0.300. The van der Waals surface area contributed by atoms with Crippen LogP contribution in [-0.4, -0.2) is 0 Å². The van der Waals surface area contributed by atoms with Gasteiger partial charge in [0.05, 0.1) is 0 Å². The van der Waals surface area contributed by atoms with Crippen molar-refractivity contribution in [3.8, 4) is 0 Å². The second-order valence-corrected chi connectivity index (χ2v) is 4.75. The molecule has 1 aromatic rings. The van der Waals surface area contributed by atoms with Gasteiger partial charge < -0.3 is 0 Å². The molecule has 0 unspecified atom stereocenters. The summed E-state index contributed by atoms with van der Waals surface area (Å²) in [6, 6.07) is 3.63. The van der Waals surface area contributed by atoms with Gasteiger partial charge in [0.15, 0.2) is 0 Å². The Balaban J connectivity index is 3.19. The van der Waals surface area contributed by atoms with Gasteiger partial charge in [-0.3, -0.25) is 0 Å². The van der Waals surface area contributed by atoms with Gasteiger partial charge in [-0.15, -0.1) is 0 Å². The van der Waals surface area contributed by atoms with Gasteiger partial charge in [0.25, 0.3) is 17.3 Å². The lowest BCUT2D eigenvalue weighted by Gasteiger charge is -2.03. The predicted octanol–water partition coefficient (Wildman–Crippen LogP) is 1.65. The van der Waals surface area contributed by atoms with Gasteiger partial charge >= 0.3 is 35.0 Å². The molecular weight excluding hydrogens is 264 g/mol. The van der Waals surface area contributed by atoms with Crippen LogP contribution in [0, 0.1) is 6.92 Å². The molecule has 0 atom stereocenters. The minimum absolute atomic E-state index is 0.312. The molecule has 0 N–H and O–H groups in total. The standard InChI is InChI=1S/C10H10O3S3/c1-7-9(5-15-12)2-8(4-14-11)3-10(7)6-16-13/h2-3H,1,4-6H2/q+3. The van der Waals surface area contributed by atoms with E-state index in [2.05, 4.69) is 6.92 Å². The number of rotatable bonds is 6. The Morgan fingerprint density at radius 3 is 1.69 bits per heavy atom. The van der Waals surface area contributed by atoms with Crippen LogP contribution < -0.4 is 0 Å². The van der Waals surface area contributed by atoms with E-state index in [0.29, 0.717) is 52.3 Å². The number of benzene rings is 1. The molecule has 0 saturated carbocycles. The van der Waals surface area contributed by atoms with Gasteiger partial charge in [0.2, 0.25) is 0 Å². The molecule has 0 amide bonds. The molecule has 6 heteroatoms. The third-order valence-corrected chi connectivity index (χ3v) is 3.46. The first-order valence-corrected chi connectivity index (χ1v) is 7.17. The van der Waals surface area contributed by atoms with Crippen molar-refractivity contribution >= 4 is 35.0 Å². The molecule has 0 aromatic heterocycles. The van der Waals surface area contributed by atoms with Crippen LogP contribution in [0.4, 0.5) is 0 Å². The van der Waals surface area contributed by atoms with Crippen LogP contribution in [0.3, 0.4) is 0 Å². The lowest BCUT2D eigenvalue weighted by atomic mass is 10.0. The zero-order valence-electron chi connectivity index (χ0n) is 8.43. The summed E-state index contributed by atoms with van der Waals surface area (Å²) in [5.41, 5.74) is 3.22. The van der Waals surface area contributed by atoms with E-state index < -0.39 is 0 Å². The average Bonchev–Trinajstić information content (AvgIpc) is 2.26. The Morgan fingerprint density at radius 2 is 1.31 bits per heavy atom. The first kappa shape index (κ1) is 13.3. The topological polar surface area (TPSA) is 51.2 Å². The molecule has 0 bridgehead atoms. The summed E-state index contributed by atoms with van der Waals surface area (Å²) in [4.78, 5) is 0. The monoisotopic (exact) mass is 274 g/mol. The van der Waals surface area contributed by atoms with Crippen LogP contribution in [0.2, 0.25) is 0 Å². The maximum absolute atomic E-state index is 10.5. The summed E-state index contributed by atoms with van der Waals surface area (Å²) in [6.07, 6.45) is 0. The Labute approximate surface area is 106 Å². The summed E-state index contributed by atoms with van der Waals surface area (Å²) >= 11 is 1.40. The van der Waals surface area contributed by atoms with Crippen molar-refractivity contribution in [2.24, 2.45) is 0 Å². The lowest BCUT2D eigenvalue weighted by molar-refractivity contribution is 0.604. The minimum Gasteiger partial charge on any atom is -0.0445 e. The van der Waals surface area contributed by atoms with Gasteiger partial charge in [0.1, 0.15) is 0 Å². The first-order chi connectivity index (χ1) is 7.72. The highest BCUT2D eigenvalue weighted by Crippen LogP contribution is 2.18. The molecule has 3 nitrogen and oxygen atoms in total. The summed E-state index contributed by atoms with van der Waals surface area (Å²) in [5.74, 6) is 0.965. The van der Waals surface area contributed by atoms with Crippen molar-refractivity contribution in [3.05, 3.63) is 41.3 Å². The van der Waals surface area contributed by atoms with Gasteiger partial charge in [-0.1, -0.05) is 0 Å². The Kier molecular flexibility index (Phi) is 5.65. The molecule has 1 rings (SSSR count). The van der Waals surface area contributed by atoms with E-state index in [4.69, 9.17) is 0 Å². The Hall–Kier alpha value is -0.720. The van der Waals surface area contributed by atoms with Gasteiger partial charge in [0, 0.05) is 29.3 Å². The summed E-state index contributed by atoms with van der Waals surface area (Å²) in [6.45, 7) is 3.87. The summed E-state index contributed by atoms with van der Waals surface area (Å²) in [7, 11) is 0. The van der Waals surface area contributed by atoms with E-state index >= 15 is 0 Å². The number of hydrogen-bond donors (Lipinski definition) is 0. The van der Waals surface area contributed by atoms with E-state index in [-0.39, 0.29) is 0 Å². The zero-order chi connectivity index (χ0) is 12.0. The van der Waals surface area contributed by atoms with Gasteiger partial charge in [-0.2, -0.15) is 0 Å². The second-order valence-electron chi connectivity index (χ2n) is 3.18. The molecule has 83 valence electrons. The average molecular weight is 274 g/mol. The van der Waals surface area contributed by atoms with Crippen LogP contribution in [0.1, 0.15) is 22.3 Å². The fourth-order valence-corrected chi connectivity index (χ4v) is 2.48. The highest BCUT2D eigenvalue weighted by atomic mass is 32.2. The van der Waals surface area contributed by atoms with Crippen LogP contribution in [0.25, 0.3) is 0 Å². The van der Waals surface area contributed by atoms with E-state index in [9.17, 15) is 12.6 Å².